The summed E-state index contributed by atoms with van der Waals surface area (Å²) in [6.07, 6.45) is 4.98. The Bertz CT molecular complexity index is 561. The van der Waals surface area contributed by atoms with Gasteiger partial charge in [0.15, 0.2) is 5.69 Å². The Morgan fingerprint density at radius 3 is 3.00 bits per heavy atom. The molecule has 2 aromatic heterocycles. The summed E-state index contributed by atoms with van der Waals surface area (Å²) in [7, 11) is 3.68. The Kier molecular flexibility index (Phi) is 3.84. The number of esters is 1. The van der Waals surface area contributed by atoms with E-state index in [-0.39, 0.29) is 5.69 Å². The summed E-state index contributed by atoms with van der Waals surface area (Å²) in [5, 5.41) is 4.09. The second kappa shape index (κ2) is 5.55. The van der Waals surface area contributed by atoms with Gasteiger partial charge in [-0.1, -0.05) is 0 Å². The quantitative estimate of drug-likeness (QED) is 0.756. The minimum Gasteiger partial charge on any atom is -0.461 e. The molecule has 0 saturated heterocycles. The van der Waals surface area contributed by atoms with Crippen molar-refractivity contribution in [1.29, 1.82) is 0 Å². The van der Waals surface area contributed by atoms with Crippen LogP contribution in [-0.4, -0.2) is 34.4 Å². The third-order valence-corrected chi connectivity index (χ3v) is 2.48. The van der Waals surface area contributed by atoms with Crippen molar-refractivity contribution in [3.63, 3.8) is 0 Å². The highest BCUT2D eigenvalue weighted by Gasteiger charge is 2.16. The van der Waals surface area contributed by atoms with Crippen LogP contribution >= 0.6 is 0 Å². The normalized spacial score (nSPS) is 10.5. The number of aryl methyl sites for hydroxylation is 1. The SMILES string of the molecule is CCOC(=O)c1coc(N(C)Cc2cnn(C)c2)n1. The summed E-state index contributed by atoms with van der Waals surface area (Å²) in [6, 6.07) is 0.368. The molecule has 2 aromatic rings. The lowest BCUT2D eigenvalue weighted by Crippen LogP contribution is -2.16. The molecule has 7 heteroatoms. The highest BCUT2D eigenvalue weighted by Crippen LogP contribution is 2.15. The number of hydrogen-bond donors (Lipinski definition) is 0. The molecular weight excluding hydrogens is 248 g/mol. The van der Waals surface area contributed by atoms with E-state index >= 15 is 0 Å². The summed E-state index contributed by atoms with van der Waals surface area (Å²) in [4.78, 5) is 17.3. The fourth-order valence-electron chi connectivity index (χ4n) is 1.63. The molecule has 19 heavy (non-hydrogen) atoms. The summed E-state index contributed by atoms with van der Waals surface area (Å²) in [5.41, 5.74) is 1.20. The van der Waals surface area contributed by atoms with Gasteiger partial charge in [-0.2, -0.15) is 10.1 Å². The van der Waals surface area contributed by atoms with E-state index in [1.807, 2.05) is 20.3 Å². The number of hydrogen-bond acceptors (Lipinski definition) is 6. The number of carbonyl (C=O) groups excluding carboxylic acids is 1. The Morgan fingerprint density at radius 1 is 1.58 bits per heavy atom. The zero-order chi connectivity index (χ0) is 13.8. The van der Waals surface area contributed by atoms with Crippen molar-refractivity contribution in [2.45, 2.75) is 13.5 Å². The van der Waals surface area contributed by atoms with E-state index in [1.165, 1.54) is 6.26 Å². The van der Waals surface area contributed by atoms with Crippen molar-refractivity contribution in [3.8, 4) is 0 Å². The van der Waals surface area contributed by atoms with Gasteiger partial charge in [-0.25, -0.2) is 4.79 Å². The molecule has 0 aliphatic heterocycles. The van der Waals surface area contributed by atoms with Crippen LogP contribution in [0.1, 0.15) is 23.0 Å². The standard InChI is InChI=1S/C12H16N4O3/c1-4-18-11(17)10-8-19-12(14-10)15(2)6-9-5-13-16(3)7-9/h5,7-8H,4,6H2,1-3H3. The minimum absolute atomic E-state index is 0.176. The first kappa shape index (κ1) is 13.1. The molecule has 0 fully saturated rings. The number of carbonyl (C=O) groups is 1. The van der Waals surface area contributed by atoms with Crippen LogP contribution in [0.25, 0.3) is 0 Å². The maximum atomic E-state index is 11.5. The average molecular weight is 264 g/mol. The van der Waals surface area contributed by atoms with Gasteiger partial charge in [0.2, 0.25) is 0 Å². The van der Waals surface area contributed by atoms with Gasteiger partial charge in [0.1, 0.15) is 6.26 Å². The van der Waals surface area contributed by atoms with E-state index < -0.39 is 5.97 Å². The van der Waals surface area contributed by atoms with Crippen LogP contribution in [-0.2, 0) is 18.3 Å². The van der Waals surface area contributed by atoms with Crippen molar-refractivity contribution in [1.82, 2.24) is 14.8 Å². The number of anilines is 1. The number of nitrogens with zero attached hydrogens (tertiary/aromatic N) is 4. The van der Waals surface area contributed by atoms with Gasteiger partial charge in [-0.15, -0.1) is 0 Å². The van der Waals surface area contributed by atoms with Crippen LogP contribution < -0.4 is 4.90 Å². The van der Waals surface area contributed by atoms with Crippen molar-refractivity contribution in [2.75, 3.05) is 18.6 Å². The largest absolute Gasteiger partial charge is 0.461 e. The van der Waals surface area contributed by atoms with Gasteiger partial charge in [-0.05, 0) is 6.92 Å². The number of aromatic nitrogens is 3. The monoisotopic (exact) mass is 264 g/mol. The fraction of sp³-hybridized carbons (Fsp3) is 0.417. The molecule has 0 atom stereocenters. The third-order valence-electron chi connectivity index (χ3n) is 2.48. The van der Waals surface area contributed by atoms with Crippen LogP contribution in [0.5, 0.6) is 0 Å². The molecule has 0 amide bonds. The molecule has 0 bridgehead atoms. The van der Waals surface area contributed by atoms with Gasteiger partial charge in [0, 0.05) is 25.9 Å². The smallest absolute Gasteiger partial charge is 0.360 e. The van der Waals surface area contributed by atoms with Crippen molar-refractivity contribution in [2.24, 2.45) is 7.05 Å². The third kappa shape index (κ3) is 3.12. The van der Waals surface area contributed by atoms with E-state index in [2.05, 4.69) is 10.1 Å². The number of oxazole rings is 1. The molecule has 0 aliphatic carbocycles. The predicted octanol–water partition coefficient (Wildman–Crippen LogP) is 1.22. The predicted molar refractivity (Wildman–Crippen MR) is 67.8 cm³/mol. The van der Waals surface area contributed by atoms with E-state index in [0.717, 1.165) is 5.56 Å². The second-order valence-electron chi connectivity index (χ2n) is 4.11. The van der Waals surface area contributed by atoms with E-state index in [9.17, 15) is 4.79 Å². The Labute approximate surface area is 110 Å². The molecule has 0 spiro atoms. The van der Waals surface area contributed by atoms with E-state index in [0.29, 0.717) is 19.2 Å². The molecule has 102 valence electrons. The van der Waals surface area contributed by atoms with Crippen molar-refractivity contribution < 1.29 is 13.9 Å². The maximum absolute atomic E-state index is 11.5. The lowest BCUT2D eigenvalue weighted by molar-refractivity contribution is 0.0519. The van der Waals surface area contributed by atoms with Gasteiger partial charge in [0.25, 0.3) is 6.01 Å². The molecule has 0 saturated carbocycles. The molecule has 0 N–H and O–H groups in total. The van der Waals surface area contributed by atoms with Gasteiger partial charge in [0.05, 0.1) is 19.3 Å². The Hall–Kier alpha value is -2.31. The van der Waals surface area contributed by atoms with Crippen molar-refractivity contribution in [3.05, 3.63) is 29.9 Å². The fourth-order valence-corrected chi connectivity index (χ4v) is 1.63. The molecule has 0 aliphatic rings. The molecule has 7 nitrogen and oxygen atoms in total. The van der Waals surface area contributed by atoms with Crippen LogP contribution in [0.2, 0.25) is 0 Å². The first-order chi connectivity index (χ1) is 9.10. The van der Waals surface area contributed by atoms with Crippen LogP contribution in [0.3, 0.4) is 0 Å². The lowest BCUT2D eigenvalue weighted by atomic mass is 10.3. The van der Waals surface area contributed by atoms with Gasteiger partial charge in [-0.3, -0.25) is 4.68 Å². The van der Waals surface area contributed by atoms with Gasteiger partial charge >= 0.3 is 5.97 Å². The Morgan fingerprint density at radius 2 is 2.37 bits per heavy atom. The maximum Gasteiger partial charge on any atom is 0.360 e. The molecule has 2 heterocycles. The summed E-state index contributed by atoms with van der Waals surface area (Å²) >= 11 is 0. The number of rotatable bonds is 5. The average Bonchev–Trinajstić information content (AvgIpc) is 2.98. The highest BCUT2D eigenvalue weighted by molar-refractivity contribution is 5.87. The second-order valence-corrected chi connectivity index (χ2v) is 4.11. The van der Waals surface area contributed by atoms with E-state index in [1.54, 1.807) is 22.7 Å². The van der Waals surface area contributed by atoms with Gasteiger partial charge < -0.3 is 14.1 Å². The first-order valence-corrected chi connectivity index (χ1v) is 5.91. The number of ether oxygens (including phenoxy) is 1. The molecule has 0 aromatic carbocycles. The van der Waals surface area contributed by atoms with Crippen LogP contribution in [0.15, 0.2) is 23.1 Å². The molecular formula is C12H16N4O3. The molecule has 2 rings (SSSR count). The van der Waals surface area contributed by atoms with Crippen LogP contribution in [0.4, 0.5) is 6.01 Å². The Balaban J connectivity index is 2.03. The summed E-state index contributed by atoms with van der Waals surface area (Å²) in [6.45, 7) is 2.65. The summed E-state index contributed by atoms with van der Waals surface area (Å²) < 4.78 is 11.8. The van der Waals surface area contributed by atoms with Crippen LogP contribution in [0, 0.1) is 0 Å². The van der Waals surface area contributed by atoms with E-state index in [4.69, 9.17) is 9.15 Å². The zero-order valence-electron chi connectivity index (χ0n) is 11.2. The topological polar surface area (TPSA) is 73.4 Å². The molecule has 0 unspecified atom stereocenters. The summed E-state index contributed by atoms with van der Waals surface area (Å²) in [5.74, 6) is -0.479. The highest BCUT2D eigenvalue weighted by atomic mass is 16.5. The minimum atomic E-state index is -0.479. The zero-order valence-corrected chi connectivity index (χ0v) is 11.2. The first-order valence-electron chi connectivity index (χ1n) is 5.91. The molecule has 0 radical (unpaired) electrons. The van der Waals surface area contributed by atoms with Crippen molar-refractivity contribution >= 4 is 12.0 Å². The lowest BCUT2D eigenvalue weighted by Gasteiger charge is -2.12.